The Labute approximate surface area is 161 Å². The molecule has 0 bridgehead atoms. The molecule has 0 aliphatic rings. The van der Waals surface area contributed by atoms with E-state index in [0.29, 0.717) is 34.9 Å². The summed E-state index contributed by atoms with van der Waals surface area (Å²) in [5.41, 5.74) is 1.46. The number of nitrogens with one attached hydrogen (secondary N) is 1. The van der Waals surface area contributed by atoms with Gasteiger partial charge in [-0.05, 0) is 65.9 Å². The highest BCUT2D eigenvalue weighted by Crippen LogP contribution is 2.16. The van der Waals surface area contributed by atoms with Crippen LogP contribution in [0, 0.1) is 0 Å². The maximum atomic E-state index is 12.4. The molecule has 28 heavy (non-hydrogen) atoms. The van der Waals surface area contributed by atoms with Gasteiger partial charge >= 0.3 is 5.97 Å². The summed E-state index contributed by atoms with van der Waals surface area (Å²) in [6.07, 6.45) is 0. The van der Waals surface area contributed by atoms with E-state index in [9.17, 15) is 9.59 Å². The average Bonchev–Trinajstić information content (AvgIpc) is 3.20. The molecule has 0 saturated carbocycles. The Bertz CT molecular complexity index is 951. The molecule has 0 aliphatic heterocycles. The summed E-state index contributed by atoms with van der Waals surface area (Å²) in [5, 5.41) is 14.1. The van der Waals surface area contributed by atoms with Gasteiger partial charge in [-0.3, -0.25) is 4.79 Å². The number of aryl methyl sites for hydroxylation is 1. The number of benzene rings is 2. The van der Waals surface area contributed by atoms with Crippen LogP contribution in [-0.4, -0.2) is 39.2 Å². The van der Waals surface area contributed by atoms with Gasteiger partial charge in [0.15, 0.2) is 5.82 Å². The van der Waals surface area contributed by atoms with Crippen LogP contribution in [-0.2, 0) is 17.9 Å². The van der Waals surface area contributed by atoms with Gasteiger partial charge in [-0.15, -0.1) is 5.10 Å². The van der Waals surface area contributed by atoms with Crippen molar-refractivity contribution >= 4 is 17.6 Å². The van der Waals surface area contributed by atoms with Crippen molar-refractivity contribution in [1.82, 2.24) is 20.2 Å². The monoisotopic (exact) mass is 381 g/mol. The number of rotatable bonds is 7. The lowest BCUT2D eigenvalue weighted by Gasteiger charge is -2.08. The van der Waals surface area contributed by atoms with Gasteiger partial charge in [-0.25, -0.2) is 9.48 Å². The molecule has 0 atom stereocenters. The molecule has 1 amide bonds. The third-order valence-corrected chi connectivity index (χ3v) is 3.95. The number of hydrogen-bond donors (Lipinski definition) is 1. The van der Waals surface area contributed by atoms with Crippen molar-refractivity contribution in [2.45, 2.75) is 20.1 Å². The number of nitrogens with zero attached hydrogens (tertiary/aromatic N) is 4. The molecular weight excluding hydrogens is 362 g/mol. The number of carbonyl (C=O) groups is 2. The molecule has 0 spiro atoms. The first-order chi connectivity index (χ1) is 13.6. The minimum Gasteiger partial charge on any atom is -0.486 e. The second-order valence-electron chi connectivity index (χ2n) is 5.75. The second kappa shape index (κ2) is 8.76. The molecule has 0 radical (unpaired) electrons. The Morgan fingerprint density at radius 1 is 1.04 bits per heavy atom. The largest absolute Gasteiger partial charge is 0.486 e. The Kier molecular flexibility index (Phi) is 5.95. The second-order valence-corrected chi connectivity index (χ2v) is 5.75. The Morgan fingerprint density at radius 3 is 2.36 bits per heavy atom. The lowest BCUT2D eigenvalue weighted by molar-refractivity contribution is 0.0600. The average molecular weight is 381 g/mol. The molecular formula is C19H19N5O4. The van der Waals surface area contributed by atoms with Crippen molar-refractivity contribution in [3.63, 3.8) is 0 Å². The van der Waals surface area contributed by atoms with Crippen LogP contribution in [0.3, 0.4) is 0 Å². The molecule has 2 aromatic carbocycles. The standard InChI is InChI=1S/C19H19N5O4/c1-3-24-17(21-22-23-24)12-28-16-10-6-13(7-11-16)18(25)20-15-8-4-14(5-9-15)19(26)27-2/h4-11H,3,12H2,1-2H3,(H,20,25). The van der Waals surface area contributed by atoms with E-state index in [1.807, 2.05) is 6.92 Å². The van der Waals surface area contributed by atoms with Gasteiger partial charge in [0.2, 0.25) is 0 Å². The third kappa shape index (κ3) is 4.50. The first-order valence-corrected chi connectivity index (χ1v) is 8.58. The Morgan fingerprint density at radius 2 is 1.71 bits per heavy atom. The molecule has 0 saturated heterocycles. The fourth-order valence-corrected chi connectivity index (χ4v) is 2.43. The van der Waals surface area contributed by atoms with E-state index >= 15 is 0 Å². The van der Waals surface area contributed by atoms with Crippen molar-refractivity contribution in [3.8, 4) is 5.75 Å². The van der Waals surface area contributed by atoms with Crippen LogP contribution >= 0.6 is 0 Å². The molecule has 1 heterocycles. The molecule has 0 fully saturated rings. The van der Waals surface area contributed by atoms with Crippen molar-refractivity contribution in [2.24, 2.45) is 0 Å². The minimum atomic E-state index is -0.429. The smallest absolute Gasteiger partial charge is 0.337 e. The van der Waals surface area contributed by atoms with E-state index in [0.717, 1.165) is 0 Å². The maximum Gasteiger partial charge on any atom is 0.337 e. The summed E-state index contributed by atoms with van der Waals surface area (Å²) >= 11 is 0. The number of methoxy groups -OCH3 is 1. The van der Waals surface area contributed by atoms with Crippen molar-refractivity contribution < 1.29 is 19.1 Å². The summed E-state index contributed by atoms with van der Waals surface area (Å²) in [5.74, 6) is 0.526. The van der Waals surface area contributed by atoms with Crippen molar-refractivity contribution in [1.29, 1.82) is 0 Å². The number of aromatic nitrogens is 4. The van der Waals surface area contributed by atoms with Gasteiger partial charge in [0.1, 0.15) is 12.4 Å². The van der Waals surface area contributed by atoms with Crippen LogP contribution in [0.15, 0.2) is 48.5 Å². The van der Waals surface area contributed by atoms with Gasteiger partial charge in [-0.2, -0.15) is 0 Å². The third-order valence-electron chi connectivity index (χ3n) is 3.95. The van der Waals surface area contributed by atoms with Gasteiger partial charge in [0.25, 0.3) is 5.91 Å². The minimum absolute atomic E-state index is 0.235. The van der Waals surface area contributed by atoms with Crippen molar-refractivity contribution in [2.75, 3.05) is 12.4 Å². The summed E-state index contributed by atoms with van der Waals surface area (Å²) in [6.45, 7) is 2.83. The lowest BCUT2D eigenvalue weighted by atomic mass is 10.1. The SMILES string of the molecule is CCn1nnnc1COc1ccc(C(=O)Nc2ccc(C(=O)OC)cc2)cc1. The van der Waals surface area contributed by atoms with Gasteiger partial charge in [-0.1, -0.05) is 0 Å². The van der Waals surface area contributed by atoms with E-state index in [1.54, 1.807) is 53.2 Å². The molecule has 144 valence electrons. The summed E-state index contributed by atoms with van der Waals surface area (Å²) in [4.78, 5) is 23.8. The fraction of sp³-hybridized carbons (Fsp3) is 0.211. The predicted molar refractivity (Wildman–Crippen MR) is 100.0 cm³/mol. The number of esters is 1. The maximum absolute atomic E-state index is 12.4. The molecule has 0 aliphatic carbocycles. The Balaban J connectivity index is 1.58. The number of carbonyl (C=O) groups excluding carboxylic acids is 2. The number of ether oxygens (including phenoxy) is 2. The number of hydrogen-bond acceptors (Lipinski definition) is 7. The summed E-state index contributed by atoms with van der Waals surface area (Å²) in [6, 6.07) is 13.2. The molecule has 9 heteroatoms. The van der Waals surface area contributed by atoms with E-state index < -0.39 is 5.97 Å². The van der Waals surface area contributed by atoms with E-state index in [1.165, 1.54) is 7.11 Å². The van der Waals surface area contributed by atoms with Gasteiger partial charge in [0.05, 0.1) is 12.7 Å². The van der Waals surface area contributed by atoms with E-state index in [4.69, 9.17) is 4.74 Å². The highest BCUT2D eigenvalue weighted by molar-refractivity contribution is 6.04. The molecule has 1 aromatic heterocycles. The normalized spacial score (nSPS) is 10.4. The summed E-state index contributed by atoms with van der Waals surface area (Å²) < 4.78 is 11.9. The first-order valence-electron chi connectivity index (χ1n) is 8.58. The summed E-state index contributed by atoms with van der Waals surface area (Å²) in [7, 11) is 1.32. The molecule has 3 rings (SSSR count). The van der Waals surface area contributed by atoms with Crippen LogP contribution in [0.5, 0.6) is 5.75 Å². The molecule has 0 unspecified atom stereocenters. The highest BCUT2D eigenvalue weighted by atomic mass is 16.5. The molecule has 3 aromatic rings. The van der Waals surface area contributed by atoms with Crippen molar-refractivity contribution in [3.05, 3.63) is 65.5 Å². The predicted octanol–water partition coefficient (Wildman–Crippen LogP) is 2.31. The zero-order valence-electron chi connectivity index (χ0n) is 15.5. The van der Waals surface area contributed by atoms with Crippen LogP contribution in [0.2, 0.25) is 0 Å². The number of amides is 1. The van der Waals surface area contributed by atoms with Crippen LogP contribution in [0.1, 0.15) is 33.5 Å². The first kappa shape index (κ1) is 19.0. The topological polar surface area (TPSA) is 108 Å². The van der Waals surface area contributed by atoms with Crippen LogP contribution in [0.4, 0.5) is 5.69 Å². The molecule has 1 N–H and O–H groups in total. The lowest BCUT2D eigenvalue weighted by Crippen LogP contribution is -2.12. The zero-order valence-corrected chi connectivity index (χ0v) is 15.5. The highest BCUT2D eigenvalue weighted by Gasteiger charge is 2.09. The number of anilines is 1. The van der Waals surface area contributed by atoms with E-state index in [-0.39, 0.29) is 12.5 Å². The zero-order chi connectivity index (χ0) is 19.9. The number of tetrazole rings is 1. The van der Waals surface area contributed by atoms with Crippen LogP contribution in [0.25, 0.3) is 0 Å². The van der Waals surface area contributed by atoms with E-state index in [2.05, 4.69) is 25.6 Å². The van der Waals surface area contributed by atoms with Gasteiger partial charge < -0.3 is 14.8 Å². The molecule has 9 nitrogen and oxygen atoms in total. The van der Waals surface area contributed by atoms with Gasteiger partial charge in [0, 0.05) is 17.8 Å². The Hall–Kier alpha value is -3.75. The fourth-order valence-electron chi connectivity index (χ4n) is 2.43. The van der Waals surface area contributed by atoms with Crippen LogP contribution < -0.4 is 10.1 Å². The quantitative estimate of drug-likeness (QED) is 0.626.